The number of carbonyl (C=O) groups excluding carboxylic acids is 1. The minimum Gasteiger partial charge on any atom is -0.478 e. The van der Waals surface area contributed by atoms with Crippen LogP contribution >= 0.6 is 11.6 Å². The van der Waals surface area contributed by atoms with Gasteiger partial charge in [0, 0.05) is 12.7 Å². The molecule has 21 heavy (non-hydrogen) atoms. The third kappa shape index (κ3) is 3.22. The number of carboxylic acids is 1. The summed E-state index contributed by atoms with van der Waals surface area (Å²) >= 11 is 5.84. The van der Waals surface area contributed by atoms with Gasteiger partial charge in [0.25, 0.3) is 5.91 Å². The lowest BCUT2D eigenvalue weighted by atomic mass is 10.2. The van der Waals surface area contributed by atoms with Crippen LogP contribution in [0.15, 0.2) is 30.5 Å². The molecular weight excluding hydrogens is 299 g/mol. The lowest BCUT2D eigenvalue weighted by Gasteiger charge is -2.09. The summed E-state index contributed by atoms with van der Waals surface area (Å²) in [6.45, 7) is 2.38. The van der Waals surface area contributed by atoms with Gasteiger partial charge in [-0.3, -0.25) is 4.79 Å². The number of benzene rings is 1. The van der Waals surface area contributed by atoms with Crippen molar-refractivity contribution in [3.63, 3.8) is 0 Å². The van der Waals surface area contributed by atoms with Gasteiger partial charge in [-0.05, 0) is 31.2 Å². The molecule has 2 N–H and O–H groups in total. The van der Waals surface area contributed by atoms with Gasteiger partial charge >= 0.3 is 5.97 Å². The van der Waals surface area contributed by atoms with Crippen molar-refractivity contribution in [3.8, 4) is 0 Å². The normalized spacial score (nSPS) is 10.4. The van der Waals surface area contributed by atoms with Crippen molar-refractivity contribution >= 4 is 29.2 Å². The summed E-state index contributed by atoms with van der Waals surface area (Å²) in [5.74, 6) is -2.58. The number of hydrogen-bond acceptors (Lipinski definition) is 2. The van der Waals surface area contributed by atoms with Gasteiger partial charge in [0.2, 0.25) is 0 Å². The topological polar surface area (TPSA) is 71.3 Å². The van der Waals surface area contributed by atoms with E-state index in [0.29, 0.717) is 17.3 Å². The Bertz CT molecular complexity index is 712. The van der Waals surface area contributed by atoms with Crippen LogP contribution in [-0.4, -0.2) is 21.6 Å². The molecule has 1 heterocycles. The van der Waals surface area contributed by atoms with Crippen molar-refractivity contribution < 1.29 is 19.1 Å². The molecule has 7 heteroatoms. The predicted molar refractivity (Wildman–Crippen MR) is 76.4 cm³/mol. The van der Waals surface area contributed by atoms with Gasteiger partial charge in [-0.15, -0.1) is 0 Å². The van der Waals surface area contributed by atoms with Gasteiger partial charge in [-0.2, -0.15) is 0 Å². The molecular formula is C14H12ClFN2O3. The minimum atomic E-state index is -1.24. The second kappa shape index (κ2) is 5.97. The van der Waals surface area contributed by atoms with Crippen molar-refractivity contribution in [2.45, 2.75) is 13.5 Å². The molecule has 0 unspecified atom stereocenters. The zero-order valence-corrected chi connectivity index (χ0v) is 11.8. The average Bonchev–Trinajstić information content (AvgIpc) is 2.82. The zero-order chi connectivity index (χ0) is 15.6. The number of rotatable bonds is 4. The number of halogens is 2. The SMILES string of the molecule is CCn1cc(Cl)cc1C(=O)Nc1ccc(C(=O)O)cc1F. The lowest BCUT2D eigenvalue weighted by Crippen LogP contribution is -2.17. The molecule has 0 saturated heterocycles. The van der Waals surface area contributed by atoms with Crippen molar-refractivity contribution in [1.29, 1.82) is 0 Å². The highest BCUT2D eigenvalue weighted by Gasteiger charge is 2.15. The first-order chi connectivity index (χ1) is 9.92. The molecule has 0 aliphatic heterocycles. The van der Waals surface area contributed by atoms with E-state index < -0.39 is 17.7 Å². The van der Waals surface area contributed by atoms with E-state index >= 15 is 0 Å². The van der Waals surface area contributed by atoms with E-state index in [1.165, 1.54) is 18.2 Å². The Morgan fingerprint density at radius 1 is 1.38 bits per heavy atom. The maximum Gasteiger partial charge on any atom is 0.335 e. The van der Waals surface area contributed by atoms with Crippen LogP contribution in [0.5, 0.6) is 0 Å². The van der Waals surface area contributed by atoms with Crippen molar-refractivity contribution in [2.75, 3.05) is 5.32 Å². The molecule has 0 radical (unpaired) electrons. The fourth-order valence-electron chi connectivity index (χ4n) is 1.86. The maximum atomic E-state index is 13.8. The van der Waals surface area contributed by atoms with Crippen LogP contribution in [0.2, 0.25) is 5.02 Å². The van der Waals surface area contributed by atoms with Gasteiger partial charge in [0.1, 0.15) is 11.5 Å². The van der Waals surface area contributed by atoms with Crippen molar-refractivity contribution in [3.05, 3.63) is 52.6 Å². The fourth-order valence-corrected chi connectivity index (χ4v) is 2.08. The number of carbonyl (C=O) groups is 2. The standard InChI is InChI=1S/C14H12ClFN2O3/c1-2-18-7-9(15)6-12(18)13(19)17-11-4-3-8(14(20)21)5-10(11)16/h3-7H,2H2,1H3,(H,17,19)(H,20,21). The van der Waals surface area contributed by atoms with E-state index in [1.807, 2.05) is 6.92 Å². The molecule has 0 saturated carbocycles. The number of carboxylic acid groups (broad SMARTS) is 1. The third-order valence-electron chi connectivity index (χ3n) is 2.90. The fraction of sp³-hybridized carbons (Fsp3) is 0.143. The second-order valence-corrected chi connectivity index (χ2v) is 4.72. The van der Waals surface area contributed by atoms with Crippen molar-refractivity contribution in [1.82, 2.24) is 4.57 Å². The van der Waals surface area contributed by atoms with E-state index in [0.717, 1.165) is 6.07 Å². The first kappa shape index (κ1) is 15.1. The molecule has 1 aromatic carbocycles. The van der Waals surface area contributed by atoms with Crippen LogP contribution in [0.4, 0.5) is 10.1 Å². The zero-order valence-electron chi connectivity index (χ0n) is 11.1. The van der Waals surface area contributed by atoms with E-state index in [1.54, 1.807) is 10.8 Å². The van der Waals surface area contributed by atoms with E-state index in [9.17, 15) is 14.0 Å². The molecule has 2 rings (SSSR count). The molecule has 0 aliphatic carbocycles. The monoisotopic (exact) mass is 310 g/mol. The number of anilines is 1. The summed E-state index contributed by atoms with van der Waals surface area (Å²) in [6.07, 6.45) is 1.60. The van der Waals surface area contributed by atoms with Crippen LogP contribution in [0, 0.1) is 5.82 Å². The number of aromatic carboxylic acids is 1. The summed E-state index contributed by atoms with van der Waals surface area (Å²) in [5.41, 5.74) is 0.0136. The predicted octanol–water partition coefficient (Wildman–Crippen LogP) is 3.25. The van der Waals surface area contributed by atoms with Gasteiger partial charge in [0.05, 0.1) is 16.3 Å². The number of aryl methyl sites for hydroxylation is 1. The van der Waals surface area contributed by atoms with Crippen LogP contribution in [0.25, 0.3) is 0 Å². The highest BCUT2D eigenvalue weighted by Crippen LogP contribution is 2.19. The molecule has 0 bridgehead atoms. The van der Waals surface area contributed by atoms with E-state index in [2.05, 4.69) is 5.32 Å². The first-order valence-corrected chi connectivity index (χ1v) is 6.50. The summed E-state index contributed by atoms with van der Waals surface area (Å²) in [4.78, 5) is 22.8. The number of nitrogens with zero attached hydrogens (tertiary/aromatic N) is 1. The smallest absolute Gasteiger partial charge is 0.335 e. The van der Waals surface area contributed by atoms with E-state index in [4.69, 9.17) is 16.7 Å². The van der Waals surface area contributed by atoms with Gasteiger partial charge in [-0.25, -0.2) is 9.18 Å². The molecule has 1 amide bonds. The Kier molecular flexibility index (Phi) is 4.28. The Labute approximate surface area is 125 Å². The highest BCUT2D eigenvalue weighted by molar-refractivity contribution is 6.31. The van der Waals surface area contributed by atoms with Crippen LogP contribution in [-0.2, 0) is 6.54 Å². The summed E-state index contributed by atoms with van der Waals surface area (Å²) in [7, 11) is 0. The molecule has 5 nitrogen and oxygen atoms in total. The van der Waals surface area contributed by atoms with Gasteiger partial charge in [0.15, 0.2) is 0 Å². The van der Waals surface area contributed by atoms with Gasteiger partial charge < -0.3 is 15.0 Å². The Morgan fingerprint density at radius 3 is 2.67 bits per heavy atom. The number of hydrogen-bond donors (Lipinski definition) is 2. The number of amides is 1. The number of aromatic nitrogens is 1. The Balaban J connectivity index is 2.25. The largest absolute Gasteiger partial charge is 0.478 e. The lowest BCUT2D eigenvalue weighted by molar-refractivity contribution is 0.0696. The van der Waals surface area contributed by atoms with E-state index in [-0.39, 0.29) is 11.3 Å². The first-order valence-electron chi connectivity index (χ1n) is 6.12. The molecule has 0 aliphatic rings. The average molecular weight is 311 g/mol. The Morgan fingerprint density at radius 2 is 2.10 bits per heavy atom. The molecule has 1 aromatic heterocycles. The summed E-state index contributed by atoms with van der Waals surface area (Å²) in [6, 6.07) is 4.75. The molecule has 2 aromatic rings. The molecule has 0 atom stereocenters. The second-order valence-electron chi connectivity index (χ2n) is 4.28. The maximum absolute atomic E-state index is 13.8. The third-order valence-corrected chi connectivity index (χ3v) is 3.11. The molecule has 0 spiro atoms. The molecule has 0 fully saturated rings. The minimum absolute atomic E-state index is 0.0926. The van der Waals surface area contributed by atoms with Crippen LogP contribution < -0.4 is 5.32 Å². The van der Waals surface area contributed by atoms with Gasteiger partial charge in [-0.1, -0.05) is 11.6 Å². The quantitative estimate of drug-likeness (QED) is 0.910. The summed E-state index contributed by atoms with van der Waals surface area (Å²) in [5, 5.41) is 11.6. The highest BCUT2D eigenvalue weighted by atomic mass is 35.5. The number of nitrogens with one attached hydrogen (secondary N) is 1. The van der Waals surface area contributed by atoms with Crippen LogP contribution in [0.3, 0.4) is 0 Å². The van der Waals surface area contributed by atoms with Crippen LogP contribution in [0.1, 0.15) is 27.8 Å². The summed E-state index contributed by atoms with van der Waals surface area (Å²) < 4.78 is 15.4. The molecule has 110 valence electrons. The Hall–Kier alpha value is -2.34. The van der Waals surface area contributed by atoms with Crippen molar-refractivity contribution in [2.24, 2.45) is 0 Å².